The van der Waals surface area contributed by atoms with Crippen molar-refractivity contribution in [3.05, 3.63) is 56.4 Å². The lowest BCUT2D eigenvalue weighted by atomic mass is 10.1. The Hall–Kier alpha value is -1.99. The summed E-state index contributed by atoms with van der Waals surface area (Å²) in [7, 11) is 3.77. The number of aryl methyl sites for hydroxylation is 1. The number of nitrogens with zero attached hydrogens (tertiary/aromatic N) is 2. The van der Waals surface area contributed by atoms with Gasteiger partial charge in [-0.1, -0.05) is 23.5 Å². The number of hydrogen-bond donors (Lipinski definition) is 1. The fourth-order valence-corrected chi connectivity index (χ4v) is 3.26. The lowest BCUT2D eigenvalue weighted by Crippen LogP contribution is -2.35. The van der Waals surface area contributed by atoms with Gasteiger partial charge in [0.25, 0.3) is 0 Å². The summed E-state index contributed by atoms with van der Waals surface area (Å²) < 4.78 is 15.0. The maximum Gasteiger partial charge on any atom is 0.307 e. The van der Waals surface area contributed by atoms with Crippen molar-refractivity contribution in [1.82, 2.24) is 14.8 Å². The second kappa shape index (κ2) is 8.21. The molecule has 0 spiro atoms. The van der Waals surface area contributed by atoms with E-state index < -0.39 is 0 Å². The van der Waals surface area contributed by atoms with Crippen LogP contribution < -0.4 is 10.2 Å². The average molecular weight is 351 g/mol. The number of carbonyl (C=O) groups is 1. The Morgan fingerprint density at radius 2 is 2.17 bits per heavy atom. The largest absolute Gasteiger partial charge is 0.354 e. The van der Waals surface area contributed by atoms with E-state index in [-0.39, 0.29) is 29.1 Å². The molecule has 5 nitrogen and oxygen atoms in total. The summed E-state index contributed by atoms with van der Waals surface area (Å²) in [6, 6.07) is 6.26. The van der Waals surface area contributed by atoms with Gasteiger partial charge in [-0.3, -0.25) is 9.59 Å². The van der Waals surface area contributed by atoms with Crippen LogP contribution in [0.4, 0.5) is 4.39 Å². The van der Waals surface area contributed by atoms with Gasteiger partial charge >= 0.3 is 4.87 Å². The number of likely N-dealkylation sites (N-methyl/N-ethyl adjacent to an activating group) is 1. The van der Waals surface area contributed by atoms with Crippen LogP contribution >= 0.6 is 11.3 Å². The van der Waals surface area contributed by atoms with Crippen LogP contribution in [0.25, 0.3) is 0 Å². The van der Waals surface area contributed by atoms with E-state index >= 15 is 0 Å². The topological polar surface area (TPSA) is 54.3 Å². The SMILES string of the molecule is Cc1csc(=O)n1CCC(=O)NCC(c1cccc(F)c1)N(C)C. The summed E-state index contributed by atoms with van der Waals surface area (Å²) in [6.45, 7) is 2.60. The first-order valence-electron chi connectivity index (χ1n) is 7.72. The van der Waals surface area contributed by atoms with Crippen molar-refractivity contribution in [2.75, 3.05) is 20.6 Å². The van der Waals surface area contributed by atoms with Crippen molar-refractivity contribution >= 4 is 17.2 Å². The van der Waals surface area contributed by atoms with Gasteiger partial charge in [0.2, 0.25) is 5.91 Å². The quantitative estimate of drug-likeness (QED) is 0.832. The molecular formula is C17H22FN3O2S. The monoisotopic (exact) mass is 351 g/mol. The van der Waals surface area contributed by atoms with E-state index in [2.05, 4.69) is 5.32 Å². The molecule has 2 rings (SSSR count). The molecule has 1 aromatic heterocycles. The number of halogens is 1. The van der Waals surface area contributed by atoms with Crippen LogP contribution in [0.1, 0.15) is 23.7 Å². The zero-order valence-electron chi connectivity index (χ0n) is 14.1. The minimum Gasteiger partial charge on any atom is -0.354 e. The third-order valence-corrected chi connectivity index (χ3v) is 4.77. The maximum atomic E-state index is 13.4. The summed E-state index contributed by atoms with van der Waals surface area (Å²) in [5.41, 5.74) is 1.67. The Kier molecular flexibility index (Phi) is 6.28. The third kappa shape index (κ3) is 4.75. The molecular weight excluding hydrogens is 329 g/mol. The van der Waals surface area contributed by atoms with Crippen LogP contribution in [-0.2, 0) is 11.3 Å². The van der Waals surface area contributed by atoms with E-state index in [0.717, 1.165) is 22.6 Å². The summed E-state index contributed by atoms with van der Waals surface area (Å²) in [5, 5.41) is 4.65. The lowest BCUT2D eigenvalue weighted by molar-refractivity contribution is -0.121. The van der Waals surface area contributed by atoms with Crippen LogP contribution in [-0.4, -0.2) is 36.0 Å². The predicted octanol–water partition coefficient (Wildman–Crippen LogP) is 2.17. The van der Waals surface area contributed by atoms with Crippen LogP contribution in [0.5, 0.6) is 0 Å². The van der Waals surface area contributed by atoms with Crippen molar-refractivity contribution in [3.63, 3.8) is 0 Å². The van der Waals surface area contributed by atoms with Gasteiger partial charge in [0, 0.05) is 30.6 Å². The smallest absolute Gasteiger partial charge is 0.307 e. The number of benzene rings is 1. The number of hydrogen-bond acceptors (Lipinski definition) is 4. The first-order valence-corrected chi connectivity index (χ1v) is 8.60. The highest BCUT2D eigenvalue weighted by molar-refractivity contribution is 7.07. The fraction of sp³-hybridized carbons (Fsp3) is 0.412. The first kappa shape index (κ1) is 18.4. The van der Waals surface area contributed by atoms with Crippen molar-refractivity contribution in [3.8, 4) is 0 Å². The molecule has 0 saturated carbocycles. The number of amides is 1. The van der Waals surface area contributed by atoms with Gasteiger partial charge in [0.15, 0.2) is 0 Å². The molecule has 0 saturated heterocycles. The van der Waals surface area contributed by atoms with Crippen molar-refractivity contribution in [1.29, 1.82) is 0 Å². The maximum absolute atomic E-state index is 13.4. The Labute approximate surface area is 144 Å². The average Bonchev–Trinajstić information content (AvgIpc) is 2.84. The molecule has 0 aliphatic rings. The van der Waals surface area contributed by atoms with Crippen LogP contribution in [0.15, 0.2) is 34.4 Å². The molecule has 0 bridgehead atoms. The van der Waals surface area contributed by atoms with Crippen LogP contribution in [0.2, 0.25) is 0 Å². The number of carbonyl (C=O) groups excluding carboxylic acids is 1. The number of aromatic nitrogens is 1. The van der Waals surface area contributed by atoms with E-state index in [0.29, 0.717) is 13.1 Å². The molecule has 24 heavy (non-hydrogen) atoms. The molecule has 1 atom stereocenters. The van der Waals surface area contributed by atoms with Gasteiger partial charge in [-0.2, -0.15) is 0 Å². The van der Waals surface area contributed by atoms with Crippen molar-refractivity contribution < 1.29 is 9.18 Å². The lowest BCUT2D eigenvalue weighted by Gasteiger charge is -2.25. The molecule has 7 heteroatoms. The number of rotatable bonds is 7. The van der Waals surface area contributed by atoms with Gasteiger partial charge in [-0.05, 0) is 38.7 Å². The molecule has 1 amide bonds. The van der Waals surface area contributed by atoms with Crippen molar-refractivity contribution in [2.45, 2.75) is 25.9 Å². The highest BCUT2D eigenvalue weighted by atomic mass is 32.1. The highest BCUT2D eigenvalue weighted by Gasteiger charge is 2.16. The van der Waals surface area contributed by atoms with E-state index in [4.69, 9.17) is 0 Å². The summed E-state index contributed by atoms with van der Waals surface area (Å²) >= 11 is 1.14. The molecule has 1 heterocycles. The summed E-state index contributed by atoms with van der Waals surface area (Å²) in [6.07, 6.45) is 0.237. The van der Waals surface area contributed by atoms with Gasteiger partial charge in [-0.25, -0.2) is 4.39 Å². The Morgan fingerprint density at radius 1 is 1.42 bits per heavy atom. The van der Waals surface area contributed by atoms with Gasteiger partial charge in [-0.15, -0.1) is 0 Å². The van der Waals surface area contributed by atoms with Crippen molar-refractivity contribution in [2.24, 2.45) is 0 Å². The molecule has 130 valence electrons. The van der Waals surface area contributed by atoms with Gasteiger partial charge in [0.1, 0.15) is 5.82 Å². The van der Waals surface area contributed by atoms with Gasteiger partial charge in [0.05, 0.1) is 6.04 Å². The Balaban J connectivity index is 1.92. The zero-order chi connectivity index (χ0) is 17.7. The zero-order valence-corrected chi connectivity index (χ0v) is 14.9. The Bertz CT molecular complexity index is 754. The Morgan fingerprint density at radius 3 is 2.75 bits per heavy atom. The fourth-order valence-electron chi connectivity index (χ4n) is 2.50. The molecule has 1 unspecified atom stereocenters. The summed E-state index contributed by atoms with van der Waals surface area (Å²) in [5.74, 6) is -0.422. The molecule has 1 N–H and O–H groups in total. The van der Waals surface area contributed by atoms with Crippen LogP contribution in [0, 0.1) is 12.7 Å². The second-order valence-corrected chi connectivity index (χ2v) is 6.70. The normalized spacial score (nSPS) is 12.4. The van der Waals surface area contributed by atoms with E-state index in [1.165, 1.54) is 12.1 Å². The predicted molar refractivity (Wildman–Crippen MR) is 93.8 cm³/mol. The molecule has 0 fully saturated rings. The number of thiazole rings is 1. The molecule has 1 aromatic carbocycles. The van der Waals surface area contributed by atoms with Crippen LogP contribution in [0.3, 0.4) is 0 Å². The summed E-state index contributed by atoms with van der Waals surface area (Å²) in [4.78, 5) is 25.6. The molecule has 0 aliphatic heterocycles. The highest BCUT2D eigenvalue weighted by Crippen LogP contribution is 2.18. The van der Waals surface area contributed by atoms with E-state index in [9.17, 15) is 14.0 Å². The first-order chi connectivity index (χ1) is 11.4. The number of nitrogens with one attached hydrogen (secondary N) is 1. The third-order valence-electron chi connectivity index (χ3n) is 3.89. The minimum atomic E-state index is -0.294. The standard InChI is InChI=1S/C17H22FN3O2S/c1-12-11-24-17(23)21(12)8-7-16(22)19-10-15(20(2)3)13-5-4-6-14(18)9-13/h4-6,9,11,15H,7-8,10H2,1-3H3,(H,19,22). The van der Waals surface area contributed by atoms with Gasteiger partial charge < -0.3 is 14.8 Å². The molecule has 0 radical (unpaired) electrons. The second-order valence-electron chi connectivity index (χ2n) is 5.88. The van der Waals surface area contributed by atoms with E-state index in [1.54, 1.807) is 16.0 Å². The minimum absolute atomic E-state index is 0.0498. The van der Waals surface area contributed by atoms with E-state index in [1.807, 2.05) is 32.0 Å². The molecule has 0 aliphatic carbocycles. The molecule has 2 aromatic rings.